The van der Waals surface area contributed by atoms with Gasteiger partial charge in [0, 0.05) is 17.1 Å². The van der Waals surface area contributed by atoms with Crippen LogP contribution in [0.4, 0.5) is 0 Å². The van der Waals surface area contributed by atoms with E-state index < -0.39 is 0 Å². The molecule has 2 aromatic rings. The Labute approximate surface area is 110 Å². The topological polar surface area (TPSA) is 51.8 Å². The molecule has 2 rings (SSSR count). The van der Waals surface area contributed by atoms with Crippen molar-refractivity contribution in [3.8, 4) is 11.3 Å². The molecule has 0 saturated carbocycles. The van der Waals surface area contributed by atoms with Gasteiger partial charge < -0.3 is 5.73 Å². The van der Waals surface area contributed by atoms with Crippen LogP contribution < -0.4 is 5.73 Å². The lowest BCUT2D eigenvalue weighted by Gasteiger charge is -2.07. The van der Waals surface area contributed by atoms with Crippen LogP contribution in [0.1, 0.15) is 11.5 Å². The van der Waals surface area contributed by atoms with E-state index in [2.05, 4.69) is 9.97 Å². The second kappa shape index (κ2) is 5.00. The highest BCUT2D eigenvalue weighted by Crippen LogP contribution is 2.29. The van der Waals surface area contributed by atoms with E-state index in [1.54, 1.807) is 12.1 Å². The number of rotatable bonds is 2. The predicted octanol–water partition coefficient (Wildman–Crippen LogP) is 3.22. The van der Waals surface area contributed by atoms with Crippen molar-refractivity contribution in [1.29, 1.82) is 0 Å². The smallest absolute Gasteiger partial charge is 0.126 e. The molecule has 0 amide bonds. The average molecular weight is 268 g/mol. The maximum atomic E-state index is 6.14. The molecule has 2 N–H and O–H groups in total. The first-order chi connectivity index (χ1) is 8.10. The lowest BCUT2D eigenvalue weighted by molar-refractivity contribution is 0.929. The van der Waals surface area contributed by atoms with E-state index in [9.17, 15) is 0 Å². The van der Waals surface area contributed by atoms with E-state index in [-0.39, 0.29) is 0 Å². The molecule has 1 aromatic carbocycles. The molecular weight excluding hydrogens is 257 g/mol. The summed E-state index contributed by atoms with van der Waals surface area (Å²) in [6, 6.07) is 7.15. The van der Waals surface area contributed by atoms with Crippen LogP contribution in [-0.2, 0) is 6.54 Å². The van der Waals surface area contributed by atoms with Gasteiger partial charge in [0.1, 0.15) is 5.82 Å². The van der Waals surface area contributed by atoms with E-state index in [1.165, 1.54) is 0 Å². The molecule has 0 atom stereocenters. The predicted molar refractivity (Wildman–Crippen MR) is 70.1 cm³/mol. The summed E-state index contributed by atoms with van der Waals surface area (Å²) >= 11 is 12.0. The largest absolute Gasteiger partial charge is 0.325 e. The summed E-state index contributed by atoms with van der Waals surface area (Å²) in [5.41, 5.74) is 7.97. The summed E-state index contributed by atoms with van der Waals surface area (Å²) in [6.45, 7) is 2.20. The van der Waals surface area contributed by atoms with Crippen molar-refractivity contribution in [2.24, 2.45) is 5.73 Å². The molecule has 0 fully saturated rings. The minimum absolute atomic E-state index is 0.377. The third-order valence-electron chi connectivity index (χ3n) is 2.31. The quantitative estimate of drug-likeness (QED) is 0.909. The van der Waals surface area contributed by atoms with Crippen LogP contribution >= 0.6 is 23.2 Å². The van der Waals surface area contributed by atoms with E-state index in [4.69, 9.17) is 28.9 Å². The number of benzene rings is 1. The van der Waals surface area contributed by atoms with Crippen molar-refractivity contribution in [2.75, 3.05) is 0 Å². The SMILES string of the molecule is Cc1nc(CN)cc(-c2ccc(Cl)cc2Cl)n1. The van der Waals surface area contributed by atoms with Crippen LogP contribution in [0.25, 0.3) is 11.3 Å². The van der Waals surface area contributed by atoms with Gasteiger partial charge in [0.05, 0.1) is 16.4 Å². The summed E-state index contributed by atoms with van der Waals surface area (Å²) in [6.07, 6.45) is 0. The Morgan fingerprint density at radius 3 is 2.59 bits per heavy atom. The Balaban J connectivity index is 2.55. The minimum atomic E-state index is 0.377. The molecule has 0 saturated heterocycles. The van der Waals surface area contributed by atoms with Gasteiger partial charge in [-0.2, -0.15) is 0 Å². The molecule has 0 unspecified atom stereocenters. The zero-order valence-corrected chi connectivity index (χ0v) is 10.8. The van der Waals surface area contributed by atoms with Crippen LogP contribution in [0.3, 0.4) is 0 Å². The van der Waals surface area contributed by atoms with Gasteiger partial charge in [0.2, 0.25) is 0 Å². The van der Waals surface area contributed by atoms with Crippen molar-refractivity contribution < 1.29 is 0 Å². The van der Waals surface area contributed by atoms with Gasteiger partial charge in [-0.15, -0.1) is 0 Å². The standard InChI is InChI=1S/C12H11Cl2N3/c1-7-16-9(6-15)5-12(17-7)10-3-2-8(13)4-11(10)14/h2-5H,6,15H2,1H3. The number of hydrogen-bond acceptors (Lipinski definition) is 3. The summed E-state index contributed by atoms with van der Waals surface area (Å²) in [5.74, 6) is 0.675. The zero-order chi connectivity index (χ0) is 12.4. The number of aryl methyl sites for hydroxylation is 1. The fourth-order valence-electron chi connectivity index (χ4n) is 1.57. The Bertz CT molecular complexity index is 555. The van der Waals surface area contributed by atoms with E-state index in [0.29, 0.717) is 22.4 Å². The van der Waals surface area contributed by atoms with Gasteiger partial charge >= 0.3 is 0 Å². The Hall–Kier alpha value is -1.16. The highest BCUT2D eigenvalue weighted by molar-refractivity contribution is 6.36. The number of nitrogens with two attached hydrogens (primary N) is 1. The van der Waals surface area contributed by atoms with Crippen LogP contribution in [0.5, 0.6) is 0 Å². The molecule has 5 heteroatoms. The number of hydrogen-bond donors (Lipinski definition) is 1. The summed E-state index contributed by atoms with van der Waals surface area (Å²) in [7, 11) is 0. The van der Waals surface area contributed by atoms with Crippen LogP contribution in [0.2, 0.25) is 10.0 Å². The van der Waals surface area contributed by atoms with Crippen molar-refractivity contribution >= 4 is 23.2 Å². The lowest BCUT2D eigenvalue weighted by Crippen LogP contribution is -2.03. The Kier molecular flexibility index (Phi) is 3.62. The Morgan fingerprint density at radius 1 is 1.18 bits per heavy atom. The first-order valence-corrected chi connectivity index (χ1v) is 5.86. The van der Waals surface area contributed by atoms with Crippen molar-refractivity contribution in [3.63, 3.8) is 0 Å². The molecule has 3 nitrogen and oxygen atoms in total. The third-order valence-corrected chi connectivity index (χ3v) is 2.86. The molecule has 0 bridgehead atoms. The van der Waals surface area contributed by atoms with E-state index >= 15 is 0 Å². The summed E-state index contributed by atoms with van der Waals surface area (Å²) in [4.78, 5) is 8.57. The third kappa shape index (κ3) is 2.75. The molecule has 17 heavy (non-hydrogen) atoms. The zero-order valence-electron chi connectivity index (χ0n) is 9.24. The molecule has 0 aliphatic carbocycles. The van der Waals surface area contributed by atoms with E-state index in [0.717, 1.165) is 17.0 Å². The van der Waals surface area contributed by atoms with Gasteiger partial charge in [0.15, 0.2) is 0 Å². The van der Waals surface area contributed by atoms with Crippen LogP contribution in [0.15, 0.2) is 24.3 Å². The molecule has 1 heterocycles. The maximum Gasteiger partial charge on any atom is 0.126 e. The van der Waals surface area contributed by atoms with Gasteiger partial charge in [-0.3, -0.25) is 0 Å². The number of halogens is 2. The summed E-state index contributed by atoms with van der Waals surface area (Å²) < 4.78 is 0. The normalized spacial score (nSPS) is 10.6. The molecule has 0 radical (unpaired) electrons. The van der Waals surface area contributed by atoms with Crippen LogP contribution in [0, 0.1) is 6.92 Å². The molecule has 0 aliphatic rings. The molecule has 88 valence electrons. The second-order valence-corrected chi connectivity index (χ2v) is 4.46. The molecule has 0 aliphatic heterocycles. The highest BCUT2D eigenvalue weighted by Gasteiger charge is 2.08. The molecule has 1 aromatic heterocycles. The van der Waals surface area contributed by atoms with Crippen molar-refractivity contribution in [1.82, 2.24) is 9.97 Å². The number of nitrogens with zero attached hydrogens (tertiary/aromatic N) is 2. The average Bonchev–Trinajstić information content (AvgIpc) is 2.28. The van der Waals surface area contributed by atoms with Gasteiger partial charge in [-0.25, -0.2) is 9.97 Å². The first-order valence-electron chi connectivity index (χ1n) is 5.10. The van der Waals surface area contributed by atoms with Crippen molar-refractivity contribution in [3.05, 3.63) is 45.8 Å². The second-order valence-electron chi connectivity index (χ2n) is 3.62. The Morgan fingerprint density at radius 2 is 1.94 bits per heavy atom. The monoisotopic (exact) mass is 267 g/mol. The first kappa shape index (κ1) is 12.3. The fraction of sp³-hybridized carbons (Fsp3) is 0.167. The van der Waals surface area contributed by atoms with Crippen LogP contribution in [-0.4, -0.2) is 9.97 Å². The highest BCUT2D eigenvalue weighted by atomic mass is 35.5. The van der Waals surface area contributed by atoms with Gasteiger partial charge in [-0.05, 0) is 31.2 Å². The van der Waals surface area contributed by atoms with Crippen molar-refractivity contribution in [2.45, 2.75) is 13.5 Å². The molecule has 0 spiro atoms. The minimum Gasteiger partial charge on any atom is -0.325 e. The lowest BCUT2D eigenvalue weighted by atomic mass is 10.1. The number of aromatic nitrogens is 2. The van der Waals surface area contributed by atoms with E-state index in [1.807, 2.05) is 19.1 Å². The summed E-state index contributed by atoms with van der Waals surface area (Å²) in [5, 5.41) is 1.17. The fourth-order valence-corrected chi connectivity index (χ4v) is 2.07. The van der Waals surface area contributed by atoms with Gasteiger partial charge in [-0.1, -0.05) is 23.2 Å². The molecular formula is C12H11Cl2N3. The van der Waals surface area contributed by atoms with Gasteiger partial charge in [0.25, 0.3) is 0 Å². The maximum absolute atomic E-state index is 6.14.